The fourth-order valence-corrected chi connectivity index (χ4v) is 2.25. The molecule has 1 aliphatic rings. The number of hydrogen-bond donors (Lipinski definition) is 2. The van der Waals surface area contributed by atoms with E-state index in [2.05, 4.69) is 10.3 Å². The highest BCUT2D eigenvalue weighted by atomic mass is 32.1. The van der Waals surface area contributed by atoms with Crippen LogP contribution in [0.3, 0.4) is 0 Å². The predicted octanol–water partition coefficient (Wildman–Crippen LogP) is 0.962. The number of aromatic nitrogens is 1. The molecule has 1 heterocycles. The lowest BCUT2D eigenvalue weighted by molar-refractivity contribution is 0.0958. The summed E-state index contributed by atoms with van der Waals surface area (Å²) in [7, 11) is 1.61. The van der Waals surface area contributed by atoms with Crippen LogP contribution in [-0.2, 0) is 0 Å². The van der Waals surface area contributed by atoms with Crippen molar-refractivity contribution in [1.29, 1.82) is 0 Å². The van der Waals surface area contributed by atoms with Crippen LogP contribution in [0, 0.1) is 0 Å². The molecule has 13 heavy (non-hydrogen) atoms. The Balaban J connectivity index is 2.36. The summed E-state index contributed by atoms with van der Waals surface area (Å²) in [5.41, 5.74) is 6.09. The number of rotatable bonds is 2. The Morgan fingerprint density at radius 3 is 2.92 bits per heavy atom. The monoisotopic (exact) mass is 197 g/mol. The van der Waals surface area contributed by atoms with Gasteiger partial charge in [-0.15, -0.1) is 11.3 Å². The number of nitrogen functional groups attached to an aromatic ring is 1. The smallest absolute Gasteiger partial charge is 0.270 e. The van der Waals surface area contributed by atoms with Crippen LogP contribution in [0.1, 0.15) is 34.1 Å². The lowest BCUT2D eigenvalue weighted by Gasteiger charge is -1.97. The first kappa shape index (κ1) is 8.50. The number of amides is 1. The minimum Gasteiger partial charge on any atom is -0.375 e. The summed E-state index contributed by atoms with van der Waals surface area (Å²) >= 11 is 1.43. The fourth-order valence-electron chi connectivity index (χ4n) is 1.25. The van der Waals surface area contributed by atoms with Gasteiger partial charge in [0.2, 0.25) is 0 Å². The van der Waals surface area contributed by atoms with Gasteiger partial charge < -0.3 is 11.1 Å². The zero-order valence-electron chi connectivity index (χ0n) is 7.33. The van der Waals surface area contributed by atoms with Crippen LogP contribution in [0.15, 0.2) is 0 Å². The van der Waals surface area contributed by atoms with Crippen molar-refractivity contribution in [3.8, 4) is 0 Å². The molecule has 0 aliphatic heterocycles. The molecule has 4 nitrogen and oxygen atoms in total. The quantitative estimate of drug-likeness (QED) is 0.742. The third-order valence-electron chi connectivity index (χ3n) is 2.06. The van der Waals surface area contributed by atoms with Crippen LogP contribution in [0.4, 0.5) is 5.13 Å². The molecule has 1 aromatic rings. The van der Waals surface area contributed by atoms with E-state index < -0.39 is 0 Å². The number of anilines is 1. The van der Waals surface area contributed by atoms with Crippen molar-refractivity contribution < 1.29 is 4.79 Å². The number of nitrogens with zero attached hydrogens (tertiary/aromatic N) is 1. The van der Waals surface area contributed by atoms with E-state index in [0.717, 1.165) is 17.7 Å². The standard InChI is InChI=1S/C8H11N3OS/c1-10-7(12)5-6(4-2-3-4)13-8(9)11-5/h4H,2-3H2,1H3,(H2,9,11)(H,10,12). The summed E-state index contributed by atoms with van der Waals surface area (Å²) < 4.78 is 0. The summed E-state index contributed by atoms with van der Waals surface area (Å²) in [6, 6.07) is 0. The molecule has 0 bridgehead atoms. The van der Waals surface area contributed by atoms with Crippen molar-refractivity contribution in [3.63, 3.8) is 0 Å². The van der Waals surface area contributed by atoms with Gasteiger partial charge in [-0.3, -0.25) is 4.79 Å². The average molecular weight is 197 g/mol. The number of nitrogens with two attached hydrogens (primary N) is 1. The molecule has 1 aliphatic carbocycles. The molecule has 0 radical (unpaired) electrons. The van der Waals surface area contributed by atoms with Gasteiger partial charge in [-0.25, -0.2) is 4.98 Å². The number of carbonyl (C=O) groups excluding carboxylic acids is 1. The van der Waals surface area contributed by atoms with E-state index in [1.165, 1.54) is 11.3 Å². The first-order chi connectivity index (χ1) is 6.22. The Kier molecular flexibility index (Phi) is 1.95. The minimum absolute atomic E-state index is 0.130. The van der Waals surface area contributed by atoms with Gasteiger partial charge in [0.25, 0.3) is 5.91 Å². The Labute approximate surface area is 80.2 Å². The van der Waals surface area contributed by atoms with E-state index in [9.17, 15) is 4.79 Å². The van der Waals surface area contributed by atoms with Gasteiger partial charge in [0.15, 0.2) is 5.13 Å². The van der Waals surface area contributed by atoms with Crippen molar-refractivity contribution in [2.45, 2.75) is 18.8 Å². The fraction of sp³-hybridized carbons (Fsp3) is 0.500. The molecule has 0 saturated heterocycles. The molecular weight excluding hydrogens is 186 g/mol. The van der Waals surface area contributed by atoms with Crippen molar-refractivity contribution in [3.05, 3.63) is 10.6 Å². The van der Waals surface area contributed by atoms with Crippen molar-refractivity contribution >= 4 is 22.4 Å². The first-order valence-electron chi connectivity index (χ1n) is 4.20. The van der Waals surface area contributed by atoms with Crippen molar-refractivity contribution in [2.24, 2.45) is 0 Å². The second kappa shape index (κ2) is 2.99. The van der Waals surface area contributed by atoms with Crippen LogP contribution < -0.4 is 11.1 Å². The Hall–Kier alpha value is -1.10. The van der Waals surface area contributed by atoms with Gasteiger partial charge >= 0.3 is 0 Å². The molecule has 1 amide bonds. The van der Waals surface area contributed by atoms with Crippen molar-refractivity contribution in [2.75, 3.05) is 12.8 Å². The van der Waals surface area contributed by atoms with Crippen molar-refractivity contribution in [1.82, 2.24) is 10.3 Å². The lowest BCUT2D eigenvalue weighted by Crippen LogP contribution is -2.19. The Morgan fingerprint density at radius 2 is 2.38 bits per heavy atom. The summed E-state index contributed by atoms with van der Waals surface area (Å²) in [6.07, 6.45) is 2.32. The topological polar surface area (TPSA) is 68.0 Å². The maximum atomic E-state index is 11.4. The van der Waals surface area contributed by atoms with Crippen LogP contribution in [0.25, 0.3) is 0 Å². The Bertz CT molecular complexity index is 343. The van der Waals surface area contributed by atoms with Gasteiger partial charge in [-0.1, -0.05) is 0 Å². The van der Waals surface area contributed by atoms with Crippen LogP contribution in [0.5, 0.6) is 0 Å². The third-order valence-corrected chi connectivity index (χ3v) is 3.11. The molecule has 70 valence electrons. The SMILES string of the molecule is CNC(=O)c1nc(N)sc1C1CC1. The van der Waals surface area contributed by atoms with E-state index in [1.807, 2.05) is 0 Å². The molecular formula is C8H11N3OS. The molecule has 1 saturated carbocycles. The molecule has 0 unspecified atom stereocenters. The van der Waals surface area contributed by atoms with Crippen LogP contribution in [0.2, 0.25) is 0 Å². The van der Waals surface area contributed by atoms with Gasteiger partial charge in [0.05, 0.1) is 0 Å². The highest BCUT2D eigenvalue weighted by molar-refractivity contribution is 7.15. The maximum absolute atomic E-state index is 11.4. The largest absolute Gasteiger partial charge is 0.375 e. The zero-order chi connectivity index (χ0) is 9.42. The summed E-state index contributed by atoms with van der Waals surface area (Å²) in [4.78, 5) is 16.4. The highest BCUT2D eigenvalue weighted by Gasteiger charge is 2.31. The van der Waals surface area contributed by atoms with Gasteiger partial charge in [0, 0.05) is 11.9 Å². The highest BCUT2D eigenvalue weighted by Crippen LogP contribution is 2.44. The normalized spacial score (nSPS) is 15.8. The predicted molar refractivity (Wildman–Crippen MR) is 51.9 cm³/mol. The van der Waals surface area contributed by atoms with E-state index in [1.54, 1.807) is 7.05 Å². The first-order valence-corrected chi connectivity index (χ1v) is 5.02. The summed E-state index contributed by atoms with van der Waals surface area (Å²) in [5.74, 6) is 0.400. The second-order valence-corrected chi connectivity index (χ2v) is 4.18. The maximum Gasteiger partial charge on any atom is 0.270 e. The number of nitrogens with one attached hydrogen (secondary N) is 1. The van der Waals surface area contributed by atoms with Crippen LogP contribution in [-0.4, -0.2) is 17.9 Å². The van der Waals surface area contributed by atoms with Gasteiger partial charge in [-0.05, 0) is 18.8 Å². The van der Waals surface area contributed by atoms with E-state index in [-0.39, 0.29) is 5.91 Å². The molecule has 5 heteroatoms. The molecule has 2 rings (SSSR count). The molecule has 1 fully saturated rings. The van der Waals surface area contributed by atoms with Gasteiger partial charge in [0.1, 0.15) is 5.69 Å². The third kappa shape index (κ3) is 1.51. The van der Waals surface area contributed by atoms with E-state index in [4.69, 9.17) is 5.73 Å². The molecule has 0 aromatic carbocycles. The molecule has 3 N–H and O–H groups in total. The summed E-state index contributed by atoms with van der Waals surface area (Å²) in [6.45, 7) is 0. The van der Waals surface area contributed by atoms with E-state index in [0.29, 0.717) is 16.7 Å². The number of thiazole rings is 1. The second-order valence-electron chi connectivity index (χ2n) is 3.12. The minimum atomic E-state index is -0.130. The van der Waals surface area contributed by atoms with E-state index >= 15 is 0 Å². The lowest BCUT2D eigenvalue weighted by atomic mass is 10.2. The molecule has 1 aromatic heterocycles. The Morgan fingerprint density at radius 1 is 1.69 bits per heavy atom. The average Bonchev–Trinajstić information content (AvgIpc) is 2.89. The zero-order valence-corrected chi connectivity index (χ0v) is 8.15. The number of hydrogen-bond acceptors (Lipinski definition) is 4. The van der Waals surface area contributed by atoms with Crippen LogP contribution >= 0.6 is 11.3 Å². The van der Waals surface area contributed by atoms with Gasteiger partial charge in [-0.2, -0.15) is 0 Å². The molecule has 0 atom stereocenters. The molecule has 0 spiro atoms. The number of carbonyl (C=O) groups is 1. The summed E-state index contributed by atoms with van der Waals surface area (Å²) in [5, 5.41) is 3.05.